The molecule has 0 N–H and O–H groups in total. The number of carbonyl (C=O) groups excluding carboxylic acids is 1. The monoisotopic (exact) mass is 355 g/mol. The molecule has 1 fully saturated rings. The van der Waals surface area contributed by atoms with Crippen LogP contribution in [0.5, 0.6) is 0 Å². The van der Waals surface area contributed by atoms with E-state index < -0.39 is 0 Å². The minimum absolute atomic E-state index is 0.148. The Morgan fingerprint density at radius 3 is 2.68 bits per heavy atom. The van der Waals surface area contributed by atoms with Gasteiger partial charge in [0.1, 0.15) is 6.79 Å². The maximum Gasteiger partial charge on any atom is 0.410 e. The molecular weight excluding hydrogens is 318 g/mol. The minimum atomic E-state index is -0.211. The van der Waals surface area contributed by atoms with Crippen LogP contribution in [-0.2, 0) is 14.2 Å². The van der Waals surface area contributed by atoms with E-state index in [0.717, 1.165) is 32.1 Å². The second-order valence-electron chi connectivity index (χ2n) is 6.95. The SMILES string of the molecule is CCCCC/C=C/[C@H]1CC[C@H](C)[C@@H](CCCOCOC)N1C(=O)OC. The van der Waals surface area contributed by atoms with E-state index in [0.29, 0.717) is 19.3 Å². The van der Waals surface area contributed by atoms with Crippen molar-refractivity contribution in [1.82, 2.24) is 4.90 Å². The fourth-order valence-electron chi connectivity index (χ4n) is 3.58. The smallest absolute Gasteiger partial charge is 0.410 e. The maximum absolute atomic E-state index is 12.4. The van der Waals surface area contributed by atoms with Gasteiger partial charge in [-0.25, -0.2) is 4.79 Å². The van der Waals surface area contributed by atoms with Crippen molar-refractivity contribution in [3.63, 3.8) is 0 Å². The highest BCUT2D eigenvalue weighted by atomic mass is 16.7. The number of hydrogen-bond donors (Lipinski definition) is 0. The van der Waals surface area contributed by atoms with E-state index in [1.807, 2.05) is 4.90 Å². The molecule has 1 rings (SSSR count). The van der Waals surface area contributed by atoms with Crippen LogP contribution in [0.1, 0.15) is 65.2 Å². The number of methoxy groups -OCH3 is 2. The van der Waals surface area contributed by atoms with Crippen molar-refractivity contribution in [2.75, 3.05) is 27.6 Å². The highest BCUT2D eigenvalue weighted by Crippen LogP contribution is 2.32. The van der Waals surface area contributed by atoms with Crippen LogP contribution >= 0.6 is 0 Å². The van der Waals surface area contributed by atoms with Gasteiger partial charge in [0.25, 0.3) is 0 Å². The predicted octanol–water partition coefficient (Wildman–Crippen LogP) is 4.76. The van der Waals surface area contributed by atoms with E-state index in [2.05, 4.69) is 26.0 Å². The average molecular weight is 356 g/mol. The van der Waals surface area contributed by atoms with Gasteiger partial charge in [0.05, 0.1) is 13.2 Å². The lowest BCUT2D eigenvalue weighted by Crippen LogP contribution is -2.52. The first-order valence-corrected chi connectivity index (χ1v) is 9.75. The van der Waals surface area contributed by atoms with E-state index in [4.69, 9.17) is 14.2 Å². The van der Waals surface area contributed by atoms with Crippen LogP contribution in [0.3, 0.4) is 0 Å². The quantitative estimate of drug-likeness (QED) is 0.305. The molecule has 25 heavy (non-hydrogen) atoms. The standard InChI is InChI=1S/C20H37NO4/c1-5-6-7-8-9-11-18-14-13-17(2)19(21(18)20(22)24-4)12-10-15-25-16-23-3/h9,11,17-19H,5-8,10,12-16H2,1-4H3/b11-9+/t17-,18-,19+/m0/s1. The number of unbranched alkanes of at least 4 members (excludes halogenated alkanes) is 3. The first-order valence-electron chi connectivity index (χ1n) is 9.75. The summed E-state index contributed by atoms with van der Waals surface area (Å²) in [5.41, 5.74) is 0. The largest absolute Gasteiger partial charge is 0.453 e. The van der Waals surface area contributed by atoms with Gasteiger partial charge in [-0.15, -0.1) is 0 Å². The zero-order valence-corrected chi connectivity index (χ0v) is 16.5. The highest BCUT2D eigenvalue weighted by Gasteiger charge is 2.37. The second-order valence-corrected chi connectivity index (χ2v) is 6.95. The molecule has 0 aromatic carbocycles. The third-order valence-corrected chi connectivity index (χ3v) is 5.00. The average Bonchev–Trinajstić information content (AvgIpc) is 2.62. The van der Waals surface area contributed by atoms with Gasteiger partial charge in [-0.05, 0) is 44.4 Å². The van der Waals surface area contributed by atoms with Gasteiger partial charge in [0.2, 0.25) is 0 Å². The molecule has 1 aliphatic rings. The lowest BCUT2D eigenvalue weighted by Gasteiger charge is -2.43. The van der Waals surface area contributed by atoms with Crippen LogP contribution in [0.25, 0.3) is 0 Å². The molecule has 1 saturated heterocycles. The number of allylic oxidation sites excluding steroid dienone is 1. The van der Waals surface area contributed by atoms with Crippen molar-refractivity contribution >= 4 is 6.09 Å². The summed E-state index contributed by atoms with van der Waals surface area (Å²) in [6.07, 6.45) is 13.0. The van der Waals surface area contributed by atoms with Crippen LogP contribution < -0.4 is 0 Å². The number of carbonyl (C=O) groups is 1. The summed E-state index contributed by atoms with van der Waals surface area (Å²) in [6, 6.07) is 0.354. The second kappa shape index (κ2) is 13.2. The molecule has 0 saturated carbocycles. The summed E-state index contributed by atoms with van der Waals surface area (Å²) >= 11 is 0. The lowest BCUT2D eigenvalue weighted by atomic mass is 9.84. The number of rotatable bonds is 11. The van der Waals surface area contributed by atoms with E-state index in [1.54, 1.807) is 7.11 Å². The van der Waals surface area contributed by atoms with Gasteiger partial charge < -0.3 is 14.2 Å². The molecule has 5 nitrogen and oxygen atoms in total. The summed E-state index contributed by atoms with van der Waals surface area (Å²) < 4.78 is 15.4. The third-order valence-electron chi connectivity index (χ3n) is 5.00. The molecule has 0 aromatic heterocycles. The van der Waals surface area contributed by atoms with Crippen molar-refractivity contribution in [2.24, 2.45) is 5.92 Å². The number of likely N-dealkylation sites (tertiary alicyclic amines) is 1. The summed E-state index contributed by atoms with van der Waals surface area (Å²) in [4.78, 5) is 14.4. The Bertz CT molecular complexity index is 386. The number of amides is 1. The van der Waals surface area contributed by atoms with E-state index in [-0.39, 0.29) is 18.2 Å². The zero-order chi connectivity index (χ0) is 18.5. The normalized spacial score (nSPS) is 24.0. The Morgan fingerprint density at radius 2 is 2.00 bits per heavy atom. The molecule has 1 amide bonds. The number of piperidine rings is 1. The molecule has 5 heteroatoms. The van der Waals surface area contributed by atoms with Gasteiger partial charge in [0, 0.05) is 19.8 Å². The van der Waals surface area contributed by atoms with Crippen molar-refractivity contribution < 1.29 is 19.0 Å². The van der Waals surface area contributed by atoms with E-state index in [9.17, 15) is 4.79 Å². The Balaban J connectivity index is 2.65. The van der Waals surface area contributed by atoms with Crippen LogP contribution in [0.4, 0.5) is 4.79 Å². The third kappa shape index (κ3) is 7.78. The van der Waals surface area contributed by atoms with Gasteiger partial charge in [-0.3, -0.25) is 4.90 Å². The molecule has 0 spiro atoms. The zero-order valence-electron chi connectivity index (χ0n) is 16.5. The molecule has 3 atom stereocenters. The van der Waals surface area contributed by atoms with Crippen molar-refractivity contribution in [2.45, 2.75) is 77.3 Å². The summed E-state index contributed by atoms with van der Waals surface area (Å²) in [7, 11) is 3.10. The minimum Gasteiger partial charge on any atom is -0.453 e. The summed E-state index contributed by atoms with van der Waals surface area (Å²) in [6.45, 7) is 5.43. The number of ether oxygens (including phenoxy) is 3. The van der Waals surface area contributed by atoms with Gasteiger partial charge in [0.15, 0.2) is 0 Å². The molecule has 0 unspecified atom stereocenters. The van der Waals surface area contributed by atoms with Crippen LogP contribution in [0.15, 0.2) is 12.2 Å². The molecule has 146 valence electrons. The fraction of sp³-hybridized carbons (Fsp3) is 0.850. The Kier molecular flexibility index (Phi) is 11.6. The summed E-state index contributed by atoms with van der Waals surface area (Å²) in [5, 5.41) is 0. The molecule has 0 bridgehead atoms. The van der Waals surface area contributed by atoms with Crippen molar-refractivity contribution in [3.05, 3.63) is 12.2 Å². The fourth-order valence-corrected chi connectivity index (χ4v) is 3.58. The molecule has 1 heterocycles. The topological polar surface area (TPSA) is 48.0 Å². The van der Waals surface area contributed by atoms with Crippen LogP contribution in [0, 0.1) is 5.92 Å². The summed E-state index contributed by atoms with van der Waals surface area (Å²) in [5.74, 6) is 0.478. The Labute approximate surface area is 153 Å². The molecular formula is C20H37NO4. The lowest BCUT2D eigenvalue weighted by molar-refractivity contribution is -0.0347. The first-order chi connectivity index (χ1) is 12.2. The van der Waals surface area contributed by atoms with E-state index >= 15 is 0 Å². The van der Waals surface area contributed by atoms with Gasteiger partial charge in [-0.1, -0.05) is 38.8 Å². The molecule has 1 aliphatic heterocycles. The van der Waals surface area contributed by atoms with Crippen LogP contribution in [-0.4, -0.2) is 50.7 Å². The molecule has 0 radical (unpaired) electrons. The first kappa shape index (κ1) is 22.0. The molecule has 0 aliphatic carbocycles. The highest BCUT2D eigenvalue weighted by molar-refractivity contribution is 5.69. The van der Waals surface area contributed by atoms with E-state index in [1.165, 1.54) is 26.4 Å². The number of nitrogens with zero attached hydrogens (tertiary/aromatic N) is 1. The van der Waals surface area contributed by atoms with Gasteiger partial charge in [-0.2, -0.15) is 0 Å². The molecule has 0 aromatic rings. The van der Waals surface area contributed by atoms with Crippen LogP contribution in [0.2, 0.25) is 0 Å². The Morgan fingerprint density at radius 1 is 1.20 bits per heavy atom. The van der Waals surface area contributed by atoms with Gasteiger partial charge >= 0.3 is 6.09 Å². The van der Waals surface area contributed by atoms with Crippen molar-refractivity contribution in [3.8, 4) is 0 Å². The number of hydrogen-bond acceptors (Lipinski definition) is 4. The maximum atomic E-state index is 12.4. The Hall–Kier alpha value is -1.07. The predicted molar refractivity (Wildman–Crippen MR) is 101 cm³/mol. The van der Waals surface area contributed by atoms with Crippen molar-refractivity contribution in [1.29, 1.82) is 0 Å².